The van der Waals surface area contributed by atoms with Crippen molar-refractivity contribution in [2.75, 3.05) is 19.7 Å². The van der Waals surface area contributed by atoms with Gasteiger partial charge in [-0.15, -0.1) is 0 Å². The Hall–Kier alpha value is -2.52. The second-order valence-electron chi connectivity index (χ2n) is 7.49. The highest BCUT2D eigenvalue weighted by molar-refractivity contribution is 7.89. The van der Waals surface area contributed by atoms with Crippen LogP contribution in [0, 0.1) is 17.6 Å². The molecule has 31 heavy (non-hydrogen) atoms. The molecule has 1 N–H and O–H groups in total. The molecule has 2 aromatic carbocycles. The molecular formula is C22H26F2N2O4S. The van der Waals surface area contributed by atoms with E-state index in [1.54, 1.807) is 19.1 Å². The number of halogens is 2. The SMILES string of the molecule is CCOc1ccc(S(=O)(=O)N2CCC(C(=O)NC(C)c3ccc(F)c(F)c3)CC2)cc1. The summed E-state index contributed by atoms with van der Waals surface area (Å²) in [5.74, 6) is -1.88. The Morgan fingerprint density at radius 3 is 2.35 bits per heavy atom. The standard InChI is InChI=1S/C22H26F2N2O4S/c1-3-30-18-5-7-19(8-6-18)31(28,29)26-12-10-16(11-13-26)22(27)25-15(2)17-4-9-20(23)21(24)14-17/h4-9,14-16H,3,10-13H2,1-2H3,(H,25,27). The molecule has 1 fully saturated rings. The van der Waals surface area contributed by atoms with Crippen molar-refractivity contribution in [3.8, 4) is 5.75 Å². The van der Waals surface area contributed by atoms with Crippen LogP contribution in [0.5, 0.6) is 5.75 Å². The van der Waals surface area contributed by atoms with Crippen LogP contribution in [0.15, 0.2) is 47.4 Å². The summed E-state index contributed by atoms with van der Waals surface area (Å²) in [5.41, 5.74) is 0.461. The van der Waals surface area contributed by atoms with Gasteiger partial charge in [0.25, 0.3) is 0 Å². The molecule has 0 spiro atoms. The monoisotopic (exact) mass is 452 g/mol. The average molecular weight is 453 g/mol. The van der Waals surface area contributed by atoms with Crippen LogP contribution in [0.25, 0.3) is 0 Å². The third-order valence-corrected chi connectivity index (χ3v) is 7.31. The molecule has 0 bridgehead atoms. The number of nitrogens with zero attached hydrogens (tertiary/aromatic N) is 1. The van der Waals surface area contributed by atoms with E-state index in [0.29, 0.717) is 30.8 Å². The Labute approximate surface area is 181 Å². The van der Waals surface area contributed by atoms with Crippen LogP contribution in [0.1, 0.15) is 38.3 Å². The highest BCUT2D eigenvalue weighted by Gasteiger charge is 2.32. The summed E-state index contributed by atoms with van der Waals surface area (Å²) in [6, 6.07) is 9.30. The lowest BCUT2D eigenvalue weighted by molar-refractivity contribution is -0.126. The summed E-state index contributed by atoms with van der Waals surface area (Å²) in [6.07, 6.45) is 0.763. The lowest BCUT2D eigenvalue weighted by Crippen LogP contribution is -2.43. The molecule has 168 valence electrons. The number of carbonyl (C=O) groups is 1. The minimum absolute atomic E-state index is 0.186. The van der Waals surface area contributed by atoms with Crippen LogP contribution in [-0.4, -0.2) is 38.3 Å². The summed E-state index contributed by atoms with van der Waals surface area (Å²) in [6.45, 7) is 4.50. The summed E-state index contributed by atoms with van der Waals surface area (Å²) in [5, 5.41) is 2.81. The van der Waals surface area contributed by atoms with Gasteiger partial charge in [-0.2, -0.15) is 4.31 Å². The van der Waals surface area contributed by atoms with Crippen molar-refractivity contribution in [1.82, 2.24) is 9.62 Å². The van der Waals surface area contributed by atoms with Gasteiger partial charge in [-0.05, 0) is 68.7 Å². The average Bonchev–Trinajstić information content (AvgIpc) is 2.76. The minimum atomic E-state index is -3.65. The van der Waals surface area contributed by atoms with Gasteiger partial charge in [0.1, 0.15) is 5.75 Å². The molecule has 0 aliphatic carbocycles. The summed E-state index contributed by atoms with van der Waals surface area (Å²) >= 11 is 0. The van der Waals surface area contributed by atoms with Crippen LogP contribution < -0.4 is 10.1 Å². The number of nitrogens with one attached hydrogen (secondary N) is 1. The molecule has 2 aromatic rings. The molecule has 6 nitrogen and oxygen atoms in total. The van der Waals surface area contributed by atoms with Crippen LogP contribution >= 0.6 is 0 Å². The molecule has 0 aromatic heterocycles. The van der Waals surface area contributed by atoms with Crippen LogP contribution in [0.3, 0.4) is 0 Å². The Morgan fingerprint density at radius 2 is 1.77 bits per heavy atom. The fraction of sp³-hybridized carbons (Fsp3) is 0.409. The summed E-state index contributed by atoms with van der Waals surface area (Å²) in [7, 11) is -3.65. The molecule has 3 rings (SSSR count). The topological polar surface area (TPSA) is 75.7 Å². The number of benzene rings is 2. The van der Waals surface area contributed by atoms with Crippen molar-refractivity contribution < 1.29 is 26.7 Å². The molecule has 1 heterocycles. The van der Waals surface area contributed by atoms with Crippen molar-refractivity contribution in [2.45, 2.75) is 37.6 Å². The van der Waals surface area contributed by atoms with Crippen LogP contribution in [-0.2, 0) is 14.8 Å². The van der Waals surface area contributed by atoms with Gasteiger partial charge in [-0.25, -0.2) is 17.2 Å². The van der Waals surface area contributed by atoms with E-state index in [1.165, 1.54) is 22.5 Å². The zero-order valence-corrected chi connectivity index (χ0v) is 18.3. The second-order valence-corrected chi connectivity index (χ2v) is 9.42. The highest BCUT2D eigenvalue weighted by Crippen LogP contribution is 2.26. The molecule has 1 aliphatic rings. The maximum atomic E-state index is 13.4. The molecule has 1 aliphatic heterocycles. The molecule has 1 amide bonds. The minimum Gasteiger partial charge on any atom is -0.494 e. The Morgan fingerprint density at radius 1 is 1.13 bits per heavy atom. The van der Waals surface area contributed by atoms with Crippen molar-refractivity contribution in [2.24, 2.45) is 5.92 Å². The van der Waals surface area contributed by atoms with Gasteiger partial charge in [0, 0.05) is 19.0 Å². The van der Waals surface area contributed by atoms with Crippen molar-refractivity contribution in [1.29, 1.82) is 0 Å². The molecule has 0 radical (unpaired) electrons. The smallest absolute Gasteiger partial charge is 0.243 e. The predicted molar refractivity (Wildman–Crippen MR) is 112 cm³/mol. The summed E-state index contributed by atoms with van der Waals surface area (Å²) in [4.78, 5) is 12.8. The van der Waals surface area contributed by atoms with Crippen molar-refractivity contribution in [3.05, 3.63) is 59.7 Å². The van der Waals surface area contributed by atoms with Gasteiger partial charge in [0.15, 0.2) is 11.6 Å². The van der Waals surface area contributed by atoms with E-state index >= 15 is 0 Å². The molecule has 1 atom stereocenters. The van der Waals surface area contributed by atoms with E-state index < -0.39 is 27.7 Å². The Kier molecular flexibility index (Phi) is 7.27. The lowest BCUT2D eigenvalue weighted by Gasteiger charge is -2.31. The highest BCUT2D eigenvalue weighted by atomic mass is 32.2. The lowest BCUT2D eigenvalue weighted by atomic mass is 9.96. The van der Waals surface area contributed by atoms with E-state index in [1.807, 2.05) is 6.92 Å². The molecule has 1 saturated heterocycles. The molecule has 1 unspecified atom stereocenters. The summed E-state index contributed by atoms with van der Waals surface area (Å²) < 4.78 is 59.0. The molecule has 9 heteroatoms. The molecule has 0 saturated carbocycles. The Bertz CT molecular complexity index is 1020. The number of sulfonamides is 1. The van der Waals surface area contributed by atoms with E-state index in [2.05, 4.69) is 5.32 Å². The third kappa shape index (κ3) is 5.40. The number of hydrogen-bond acceptors (Lipinski definition) is 4. The predicted octanol–water partition coefficient (Wildman–Crippen LogP) is 3.64. The fourth-order valence-corrected chi connectivity index (χ4v) is 5.05. The van der Waals surface area contributed by atoms with Gasteiger partial charge in [0.05, 0.1) is 17.5 Å². The van der Waals surface area contributed by atoms with Gasteiger partial charge < -0.3 is 10.1 Å². The first kappa shape index (κ1) is 23.1. The van der Waals surface area contributed by atoms with E-state index in [9.17, 15) is 22.0 Å². The first-order chi connectivity index (χ1) is 14.7. The second kappa shape index (κ2) is 9.74. The Balaban J connectivity index is 1.57. The zero-order chi connectivity index (χ0) is 22.6. The van der Waals surface area contributed by atoms with Gasteiger partial charge in [-0.3, -0.25) is 4.79 Å². The maximum absolute atomic E-state index is 13.4. The fourth-order valence-electron chi connectivity index (χ4n) is 3.58. The van der Waals surface area contributed by atoms with Crippen LogP contribution in [0.4, 0.5) is 8.78 Å². The van der Waals surface area contributed by atoms with E-state index in [4.69, 9.17) is 4.74 Å². The largest absolute Gasteiger partial charge is 0.494 e. The van der Waals surface area contributed by atoms with E-state index in [-0.39, 0.29) is 29.8 Å². The first-order valence-corrected chi connectivity index (χ1v) is 11.6. The number of hydrogen-bond donors (Lipinski definition) is 1. The number of carbonyl (C=O) groups excluding carboxylic acids is 1. The molecular weight excluding hydrogens is 426 g/mol. The zero-order valence-electron chi connectivity index (χ0n) is 17.5. The van der Waals surface area contributed by atoms with Gasteiger partial charge in [-0.1, -0.05) is 6.07 Å². The van der Waals surface area contributed by atoms with Crippen molar-refractivity contribution in [3.63, 3.8) is 0 Å². The van der Waals surface area contributed by atoms with E-state index in [0.717, 1.165) is 12.1 Å². The van der Waals surface area contributed by atoms with Crippen LogP contribution in [0.2, 0.25) is 0 Å². The number of rotatable bonds is 7. The van der Waals surface area contributed by atoms with Gasteiger partial charge >= 0.3 is 0 Å². The first-order valence-electron chi connectivity index (χ1n) is 10.2. The normalized spacial score (nSPS) is 16.6. The third-order valence-electron chi connectivity index (χ3n) is 5.40. The quantitative estimate of drug-likeness (QED) is 0.696. The van der Waals surface area contributed by atoms with Gasteiger partial charge in [0.2, 0.25) is 15.9 Å². The number of amides is 1. The number of ether oxygens (including phenoxy) is 1. The number of piperidine rings is 1. The maximum Gasteiger partial charge on any atom is 0.243 e. The van der Waals surface area contributed by atoms with Crippen molar-refractivity contribution >= 4 is 15.9 Å².